The van der Waals surface area contributed by atoms with Gasteiger partial charge in [0.2, 0.25) is 11.8 Å². The van der Waals surface area contributed by atoms with Gasteiger partial charge in [0, 0.05) is 25.2 Å². The van der Waals surface area contributed by atoms with Crippen molar-refractivity contribution >= 4 is 17.8 Å². The Balaban J connectivity index is 2.74. The molecule has 3 atom stereocenters. The fraction of sp³-hybridized carbons (Fsp3) is 0.762. The first-order valence-electron chi connectivity index (χ1n) is 10.2. The van der Waals surface area contributed by atoms with Crippen LogP contribution in [0.25, 0.3) is 0 Å². The monoisotopic (exact) mass is 395 g/mol. The van der Waals surface area contributed by atoms with Crippen LogP contribution in [-0.4, -0.2) is 71.0 Å². The van der Waals surface area contributed by atoms with Gasteiger partial charge in [0.15, 0.2) is 0 Å². The number of rotatable bonds is 8. The molecule has 0 bridgehead atoms. The van der Waals surface area contributed by atoms with Crippen molar-refractivity contribution < 1.29 is 19.5 Å². The summed E-state index contributed by atoms with van der Waals surface area (Å²) < 4.78 is 0. The van der Waals surface area contributed by atoms with Gasteiger partial charge in [-0.15, -0.1) is 0 Å². The van der Waals surface area contributed by atoms with Crippen molar-refractivity contribution in [3.05, 3.63) is 11.6 Å². The van der Waals surface area contributed by atoms with Crippen LogP contribution in [0.2, 0.25) is 0 Å². The number of likely N-dealkylation sites (N-methyl/N-ethyl adjacent to an activating group) is 1. The number of hydrogen-bond donors (Lipinski definition) is 2. The van der Waals surface area contributed by atoms with Crippen molar-refractivity contribution in [2.75, 3.05) is 20.1 Å². The van der Waals surface area contributed by atoms with Crippen LogP contribution in [0.5, 0.6) is 0 Å². The summed E-state index contributed by atoms with van der Waals surface area (Å²) in [5, 5.41) is 11.9. The molecule has 28 heavy (non-hydrogen) atoms. The summed E-state index contributed by atoms with van der Waals surface area (Å²) in [6.07, 6.45) is 3.39. The van der Waals surface area contributed by atoms with Crippen LogP contribution in [-0.2, 0) is 14.4 Å². The molecular formula is C21H37N3O4. The molecule has 0 aromatic heterocycles. The minimum Gasteiger partial charge on any atom is -0.478 e. The van der Waals surface area contributed by atoms with Gasteiger partial charge in [-0.3, -0.25) is 14.5 Å². The van der Waals surface area contributed by atoms with E-state index >= 15 is 0 Å². The van der Waals surface area contributed by atoms with E-state index in [1.165, 1.54) is 11.8 Å². The SMILES string of the molecule is CC(=C[C@H](C(C)C)N(C)C(=O)CNC(=O)[C@@H]1CC[C@H](C)CN1C(C)C)C(=O)O. The molecule has 1 saturated heterocycles. The van der Waals surface area contributed by atoms with Crippen molar-refractivity contribution in [1.29, 1.82) is 0 Å². The highest BCUT2D eigenvalue weighted by Gasteiger charge is 2.33. The maximum Gasteiger partial charge on any atom is 0.331 e. The van der Waals surface area contributed by atoms with Crippen LogP contribution in [0.15, 0.2) is 11.6 Å². The largest absolute Gasteiger partial charge is 0.478 e. The number of nitrogens with zero attached hydrogens (tertiary/aromatic N) is 2. The lowest BCUT2D eigenvalue weighted by Gasteiger charge is -2.40. The Kier molecular flexibility index (Phi) is 9.14. The van der Waals surface area contributed by atoms with Gasteiger partial charge >= 0.3 is 5.97 Å². The molecule has 1 fully saturated rings. The van der Waals surface area contributed by atoms with Crippen LogP contribution in [0.3, 0.4) is 0 Å². The number of carbonyl (C=O) groups is 3. The van der Waals surface area contributed by atoms with Crippen LogP contribution in [0, 0.1) is 11.8 Å². The second-order valence-electron chi connectivity index (χ2n) is 8.60. The van der Waals surface area contributed by atoms with E-state index in [1.54, 1.807) is 13.1 Å². The first-order chi connectivity index (χ1) is 13.0. The maximum atomic E-state index is 12.7. The molecule has 0 aliphatic carbocycles. The predicted molar refractivity (Wildman–Crippen MR) is 110 cm³/mol. The third kappa shape index (κ3) is 6.62. The summed E-state index contributed by atoms with van der Waals surface area (Å²) in [7, 11) is 1.65. The normalized spacial score (nSPS) is 22.2. The number of nitrogens with one attached hydrogen (secondary N) is 1. The molecule has 0 unspecified atom stereocenters. The first kappa shape index (κ1) is 24.1. The Hall–Kier alpha value is -1.89. The molecule has 0 aromatic carbocycles. The molecular weight excluding hydrogens is 358 g/mol. The summed E-state index contributed by atoms with van der Waals surface area (Å²) in [5.74, 6) is -0.729. The average molecular weight is 396 g/mol. The zero-order valence-corrected chi connectivity index (χ0v) is 18.4. The van der Waals surface area contributed by atoms with Crippen molar-refractivity contribution in [1.82, 2.24) is 15.1 Å². The molecule has 7 heteroatoms. The van der Waals surface area contributed by atoms with Crippen molar-refractivity contribution in [2.45, 2.75) is 72.5 Å². The molecule has 0 radical (unpaired) electrons. The fourth-order valence-corrected chi connectivity index (χ4v) is 3.69. The van der Waals surface area contributed by atoms with Crippen LogP contribution >= 0.6 is 0 Å². The number of carboxylic acid groups (broad SMARTS) is 1. The quantitative estimate of drug-likeness (QED) is 0.615. The lowest BCUT2D eigenvalue weighted by atomic mass is 9.92. The van der Waals surface area contributed by atoms with Gasteiger partial charge in [-0.25, -0.2) is 4.79 Å². The number of carbonyl (C=O) groups excluding carboxylic acids is 2. The van der Waals surface area contributed by atoms with E-state index in [0.29, 0.717) is 5.92 Å². The number of aliphatic carboxylic acids is 1. The molecule has 0 aromatic rings. The highest BCUT2D eigenvalue weighted by atomic mass is 16.4. The Morgan fingerprint density at radius 2 is 1.82 bits per heavy atom. The lowest BCUT2D eigenvalue weighted by Crippen LogP contribution is -2.55. The number of carboxylic acids is 1. The predicted octanol–water partition coefficient (Wildman–Crippen LogP) is 2.13. The minimum atomic E-state index is -1.000. The Labute approximate surface area is 169 Å². The second kappa shape index (κ2) is 10.6. The Morgan fingerprint density at radius 1 is 1.21 bits per heavy atom. The van der Waals surface area contributed by atoms with Crippen LogP contribution in [0.1, 0.15) is 54.4 Å². The first-order valence-corrected chi connectivity index (χ1v) is 10.2. The van der Waals surface area contributed by atoms with Gasteiger partial charge in [0.05, 0.1) is 18.6 Å². The van der Waals surface area contributed by atoms with Crippen LogP contribution < -0.4 is 5.32 Å². The lowest BCUT2D eigenvalue weighted by molar-refractivity contribution is -0.136. The summed E-state index contributed by atoms with van der Waals surface area (Å²) in [4.78, 5) is 40.2. The molecule has 1 heterocycles. The summed E-state index contributed by atoms with van der Waals surface area (Å²) in [5.41, 5.74) is 0.200. The Bertz CT molecular complexity index is 600. The summed E-state index contributed by atoms with van der Waals surface area (Å²) in [6, 6.07) is -0.279. The van der Waals surface area contributed by atoms with Gasteiger partial charge in [0.1, 0.15) is 0 Å². The highest BCUT2D eigenvalue weighted by molar-refractivity contribution is 5.88. The minimum absolute atomic E-state index is 0.0511. The van der Waals surface area contributed by atoms with Crippen molar-refractivity contribution in [3.8, 4) is 0 Å². The van der Waals surface area contributed by atoms with Crippen molar-refractivity contribution in [2.24, 2.45) is 11.8 Å². The fourth-order valence-electron chi connectivity index (χ4n) is 3.69. The maximum absolute atomic E-state index is 12.7. The van der Waals surface area contributed by atoms with E-state index in [-0.39, 0.29) is 48.0 Å². The van der Waals surface area contributed by atoms with Gasteiger partial charge in [0.25, 0.3) is 0 Å². The number of piperidine rings is 1. The van der Waals surface area contributed by atoms with Gasteiger partial charge in [-0.05, 0) is 45.4 Å². The Morgan fingerprint density at radius 3 is 2.32 bits per heavy atom. The average Bonchev–Trinajstić information content (AvgIpc) is 2.62. The third-order valence-electron chi connectivity index (χ3n) is 5.52. The molecule has 160 valence electrons. The topological polar surface area (TPSA) is 90.0 Å². The smallest absolute Gasteiger partial charge is 0.331 e. The van der Waals surface area contributed by atoms with E-state index in [0.717, 1.165) is 19.4 Å². The third-order valence-corrected chi connectivity index (χ3v) is 5.52. The van der Waals surface area contributed by atoms with E-state index in [9.17, 15) is 14.4 Å². The number of likely N-dealkylation sites (tertiary alicyclic amines) is 1. The molecule has 7 nitrogen and oxygen atoms in total. The van der Waals surface area contributed by atoms with Crippen LogP contribution in [0.4, 0.5) is 0 Å². The van der Waals surface area contributed by atoms with Crippen molar-refractivity contribution in [3.63, 3.8) is 0 Å². The van der Waals surface area contributed by atoms with Gasteiger partial charge in [-0.1, -0.05) is 26.8 Å². The molecule has 2 N–H and O–H groups in total. The molecule has 1 aliphatic heterocycles. The van der Waals surface area contributed by atoms with Gasteiger partial charge < -0.3 is 15.3 Å². The highest BCUT2D eigenvalue weighted by Crippen LogP contribution is 2.23. The summed E-state index contributed by atoms with van der Waals surface area (Å²) in [6.45, 7) is 12.5. The molecule has 1 rings (SSSR count). The molecule has 0 spiro atoms. The second-order valence-corrected chi connectivity index (χ2v) is 8.60. The zero-order chi connectivity index (χ0) is 21.6. The van der Waals surface area contributed by atoms with E-state index in [1.807, 2.05) is 13.8 Å². The zero-order valence-electron chi connectivity index (χ0n) is 18.4. The van der Waals surface area contributed by atoms with E-state index in [4.69, 9.17) is 5.11 Å². The molecule has 2 amide bonds. The number of hydrogen-bond acceptors (Lipinski definition) is 4. The summed E-state index contributed by atoms with van der Waals surface area (Å²) >= 11 is 0. The van der Waals surface area contributed by atoms with E-state index < -0.39 is 5.97 Å². The molecule has 0 saturated carbocycles. The standard InChI is InChI=1S/C21H37N3O4/c1-13(2)18(10-16(6)21(27)28)23(7)19(25)11-22-20(26)17-9-8-15(5)12-24(17)14(3)4/h10,13-15,17-18H,8-9,11-12H2,1-7H3,(H,22,26)(H,27,28)/t15-,17-,18+/m0/s1. The molecule has 1 aliphatic rings. The van der Waals surface area contributed by atoms with E-state index in [2.05, 4.69) is 31.0 Å². The van der Waals surface area contributed by atoms with Gasteiger partial charge in [-0.2, -0.15) is 0 Å². The number of amides is 2.